The molecule has 0 fully saturated rings. The van der Waals surface area contributed by atoms with Gasteiger partial charge in [-0.05, 0) is 25.5 Å². The summed E-state index contributed by atoms with van der Waals surface area (Å²) in [4.78, 5) is 20.4. The van der Waals surface area contributed by atoms with E-state index in [1.54, 1.807) is 23.3 Å². The SMILES string of the molecule is Cc1cccc2oc(CNC(=O)[C@H](C)n3ccnc3)nc12. The number of imidazole rings is 1. The van der Waals surface area contributed by atoms with E-state index in [-0.39, 0.29) is 18.5 Å². The van der Waals surface area contributed by atoms with Crippen molar-refractivity contribution in [2.24, 2.45) is 0 Å². The van der Waals surface area contributed by atoms with Gasteiger partial charge in [0.25, 0.3) is 0 Å². The molecule has 0 bridgehead atoms. The molecule has 108 valence electrons. The molecule has 21 heavy (non-hydrogen) atoms. The van der Waals surface area contributed by atoms with Crippen LogP contribution in [0.1, 0.15) is 24.4 Å². The number of amides is 1. The molecule has 0 aliphatic carbocycles. The number of hydrogen-bond donors (Lipinski definition) is 1. The molecule has 3 aromatic rings. The highest BCUT2D eigenvalue weighted by Crippen LogP contribution is 2.18. The van der Waals surface area contributed by atoms with Gasteiger partial charge < -0.3 is 14.3 Å². The maximum Gasteiger partial charge on any atom is 0.243 e. The third kappa shape index (κ3) is 2.65. The number of benzene rings is 1. The van der Waals surface area contributed by atoms with Gasteiger partial charge in [-0.25, -0.2) is 9.97 Å². The molecule has 0 spiro atoms. The number of para-hydroxylation sites is 1. The molecule has 2 heterocycles. The van der Waals surface area contributed by atoms with Crippen molar-refractivity contribution in [1.82, 2.24) is 19.9 Å². The van der Waals surface area contributed by atoms with Gasteiger partial charge in [0.2, 0.25) is 11.8 Å². The van der Waals surface area contributed by atoms with Crippen LogP contribution in [0.2, 0.25) is 0 Å². The lowest BCUT2D eigenvalue weighted by Gasteiger charge is -2.12. The second kappa shape index (κ2) is 5.40. The van der Waals surface area contributed by atoms with Crippen LogP contribution in [-0.4, -0.2) is 20.4 Å². The highest BCUT2D eigenvalue weighted by Gasteiger charge is 2.15. The zero-order chi connectivity index (χ0) is 14.8. The first-order valence-corrected chi connectivity index (χ1v) is 6.75. The summed E-state index contributed by atoms with van der Waals surface area (Å²) >= 11 is 0. The molecule has 6 nitrogen and oxygen atoms in total. The Morgan fingerprint density at radius 1 is 1.48 bits per heavy atom. The Morgan fingerprint density at radius 3 is 3.05 bits per heavy atom. The van der Waals surface area contributed by atoms with E-state index >= 15 is 0 Å². The monoisotopic (exact) mass is 284 g/mol. The molecule has 0 aliphatic rings. The number of nitrogens with one attached hydrogen (secondary N) is 1. The predicted octanol–water partition coefficient (Wildman–Crippen LogP) is 2.21. The normalized spacial score (nSPS) is 12.5. The molecule has 2 aromatic heterocycles. The number of hydrogen-bond acceptors (Lipinski definition) is 4. The Bertz CT molecular complexity index is 761. The predicted molar refractivity (Wildman–Crippen MR) is 77.5 cm³/mol. The fraction of sp³-hybridized carbons (Fsp3) is 0.267. The zero-order valence-corrected chi connectivity index (χ0v) is 11.9. The van der Waals surface area contributed by atoms with E-state index in [2.05, 4.69) is 15.3 Å². The quantitative estimate of drug-likeness (QED) is 0.797. The van der Waals surface area contributed by atoms with Crippen molar-refractivity contribution >= 4 is 17.0 Å². The number of fused-ring (bicyclic) bond motifs is 1. The number of carbonyl (C=O) groups excluding carboxylic acids is 1. The van der Waals surface area contributed by atoms with Crippen LogP contribution >= 0.6 is 0 Å². The average Bonchev–Trinajstić information content (AvgIpc) is 3.13. The van der Waals surface area contributed by atoms with E-state index in [9.17, 15) is 4.79 Å². The van der Waals surface area contributed by atoms with Crippen LogP contribution in [0.3, 0.4) is 0 Å². The zero-order valence-electron chi connectivity index (χ0n) is 11.9. The summed E-state index contributed by atoms with van der Waals surface area (Å²) in [6.07, 6.45) is 5.02. The maximum absolute atomic E-state index is 12.1. The summed E-state index contributed by atoms with van der Waals surface area (Å²) in [6.45, 7) is 4.06. The van der Waals surface area contributed by atoms with Crippen molar-refractivity contribution < 1.29 is 9.21 Å². The van der Waals surface area contributed by atoms with Gasteiger partial charge in [-0.2, -0.15) is 0 Å². The second-order valence-electron chi connectivity index (χ2n) is 4.93. The summed E-state index contributed by atoms with van der Waals surface area (Å²) in [6, 6.07) is 5.45. The number of carbonyl (C=O) groups is 1. The van der Waals surface area contributed by atoms with Crippen LogP contribution < -0.4 is 5.32 Å². The fourth-order valence-corrected chi connectivity index (χ4v) is 2.15. The number of nitrogens with zero attached hydrogens (tertiary/aromatic N) is 3. The van der Waals surface area contributed by atoms with Crippen LogP contribution in [0.5, 0.6) is 0 Å². The van der Waals surface area contributed by atoms with Crippen molar-refractivity contribution in [3.8, 4) is 0 Å². The number of aromatic nitrogens is 3. The molecular weight excluding hydrogens is 268 g/mol. The van der Waals surface area contributed by atoms with Crippen molar-refractivity contribution in [3.63, 3.8) is 0 Å². The van der Waals surface area contributed by atoms with Gasteiger partial charge in [-0.1, -0.05) is 12.1 Å². The first kappa shape index (κ1) is 13.4. The molecule has 1 atom stereocenters. The van der Waals surface area contributed by atoms with Crippen molar-refractivity contribution in [3.05, 3.63) is 48.4 Å². The first-order chi connectivity index (χ1) is 10.1. The largest absolute Gasteiger partial charge is 0.439 e. The molecule has 0 saturated heterocycles. The molecule has 1 aromatic carbocycles. The Kier molecular flexibility index (Phi) is 3.43. The number of rotatable bonds is 4. The molecule has 0 saturated carbocycles. The summed E-state index contributed by atoms with van der Waals surface area (Å²) in [5.41, 5.74) is 2.63. The van der Waals surface area contributed by atoms with Crippen LogP contribution in [0, 0.1) is 6.92 Å². The second-order valence-corrected chi connectivity index (χ2v) is 4.93. The molecular formula is C15H16N4O2. The van der Waals surface area contributed by atoms with Crippen molar-refractivity contribution in [1.29, 1.82) is 0 Å². The standard InChI is InChI=1S/C15H16N4O2/c1-10-4-3-5-12-14(10)18-13(21-12)8-17-15(20)11(2)19-7-6-16-9-19/h3-7,9,11H,8H2,1-2H3,(H,17,20)/t11-/m0/s1. The summed E-state index contributed by atoms with van der Waals surface area (Å²) in [7, 11) is 0. The molecule has 6 heteroatoms. The van der Waals surface area contributed by atoms with Gasteiger partial charge in [0.1, 0.15) is 11.6 Å². The Balaban J connectivity index is 1.69. The Morgan fingerprint density at radius 2 is 2.33 bits per heavy atom. The van der Waals surface area contributed by atoms with Gasteiger partial charge >= 0.3 is 0 Å². The Labute approximate surface area is 121 Å². The molecule has 1 N–H and O–H groups in total. The third-order valence-corrected chi connectivity index (χ3v) is 3.43. The number of oxazole rings is 1. The van der Waals surface area contributed by atoms with Crippen LogP contribution in [-0.2, 0) is 11.3 Å². The van der Waals surface area contributed by atoms with Crippen molar-refractivity contribution in [2.75, 3.05) is 0 Å². The van der Waals surface area contributed by atoms with Gasteiger partial charge in [0, 0.05) is 12.4 Å². The lowest BCUT2D eigenvalue weighted by Crippen LogP contribution is -2.30. The molecule has 0 unspecified atom stereocenters. The molecule has 0 radical (unpaired) electrons. The van der Waals surface area contributed by atoms with Gasteiger partial charge in [-0.3, -0.25) is 4.79 Å². The smallest absolute Gasteiger partial charge is 0.243 e. The third-order valence-electron chi connectivity index (χ3n) is 3.43. The minimum Gasteiger partial charge on any atom is -0.439 e. The van der Waals surface area contributed by atoms with E-state index in [1.165, 1.54) is 0 Å². The van der Waals surface area contributed by atoms with Gasteiger partial charge in [-0.15, -0.1) is 0 Å². The van der Waals surface area contributed by atoms with Crippen LogP contribution in [0.15, 0.2) is 41.3 Å². The molecule has 0 aliphatic heterocycles. The minimum atomic E-state index is -0.321. The first-order valence-electron chi connectivity index (χ1n) is 6.75. The highest BCUT2D eigenvalue weighted by atomic mass is 16.3. The van der Waals surface area contributed by atoms with E-state index in [4.69, 9.17) is 4.42 Å². The number of aryl methyl sites for hydroxylation is 1. The Hall–Kier alpha value is -2.63. The summed E-state index contributed by atoms with van der Waals surface area (Å²) in [5, 5.41) is 2.82. The van der Waals surface area contributed by atoms with E-state index in [0.29, 0.717) is 5.89 Å². The average molecular weight is 284 g/mol. The highest BCUT2D eigenvalue weighted by molar-refractivity contribution is 5.80. The van der Waals surface area contributed by atoms with Crippen LogP contribution in [0.4, 0.5) is 0 Å². The van der Waals surface area contributed by atoms with Gasteiger partial charge in [0.05, 0.1) is 12.9 Å². The van der Waals surface area contributed by atoms with E-state index in [0.717, 1.165) is 16.7 Å². The summed E-state index contributed by atoms with van der Waals surface area (Å²) in [5.74, 6) is 0.400. The lowest BCUT2D eigenvalue weighted by molar-refractivity contribution is -0.124. The molecule has 3 rings (SSSR count). The van der Waals surface area contributed by atoms with Gasteiger partial charge in [0.15, 0.2) is 5.58 Å². The van der Waals surface area contributed by atoms with Crippen LogP contribution in [0.25, 0.3) is 11.1 Å². The fourth-order valence-electron chi connectivity index (χ4n) is 2.15. The summed E-state index contributed by atoms with van der Waals surface area (Å²) < 4.78 is 7.37. The van der Waals surface area contributed by atoms with Crippen molar-refractivity contribution in [2.45, 2.75) is 26.4 Å². The topological polar surface area (TPSA) is 73.0 Å². The minimum absolute atomic E-state index is 0.105. The van der Waals surface area contributed by atoms with E-state index in [1.807, 2.05) is 32.0 Å². The lowest BCUT2D eigenvalue weighted by atomic mass is 10.2. The molecule has 1 amide bonds. The maximum atomic E-state index is 12.1. The van der Waals surface area contributed by atoms with E-state index < -0.39 is 0 Å².